The van der Waals surface area contributed by atoms with E-state index < -0.39 is 14.9 Å². The molecule has 0 aliphatic carbocycles. The fourth-order valence-corrected chi connectivity index (χ4v) is 3.93. The van der Waals surface area contributed by atoms with E-state index in [9.17, 15) is 18.5 Å². The van der Waals surface area contributed by atoms with E-state index in [1.165, 1.54) is 35.3 Å². The quantitative estimate of drug-likeness (QED) is 0.329. The van der Waals surface area contributed by atoms with Crippen LogP contribution in [-0.4, -0.2) is 33.1 Å². The molecule has 0 saturated carbocycles. The van der Waals surface area contributed by atoms with Crippen LogP contribution in [0.5, 0.6) is 0 Å². The number of rotatable bonds is 6. The Morgan fingerprint density at radius 3 is 2.39 bits per heavy atom. The minimum absolute atomic E-state index is 0.0300. The van der Waals surface area contributed by atoms with Crippen molar-refractivity contribution in [1.29, 1.82) is 0 Å². The molecule has 11 nitrogen and oxygen atoms in total. The average Bonchev–Trinajstić information content (AvgIpc) is 3.17. The van der Waals surface area contributed by atoms with Crippen molar-refractivity contribution in [3.63, 3.8) is 0 Å². The Balaban J connectivity index is 1.79. The molecule has 0 spiro atoms. The number of fused-ring (bicyclic) bond motifs is 1. The molecule has 0 radical (unpaired) electrons. The van der Waals surface area contributed by atoms with E-state index in [1.807, 2.05) is 0 Å². The van der Waals surface area contributed by atoms with Crippen LogP contribution < -0.4 is 10.0 Å². The Bertz CT molecular complexity index is 1420. The summed E-state index contributed by atoms with van der Waals surface area (Å²) in [5.74, 6) is -0.0251. The van der Waals surface area contributed by atoms with Crippen LogP contribution in [0, 0.1) is 10.1 Å². The standard InChI is InChI=1S/C18H14ClN7O4S/c1-25-10-12(9-20-25)31(29,30)24-18-17(22-14-4-2-3-5-15(14)23-18)21-11-6-7-13(19)16(8-11)26(27)28/h2-10H,1H3,(H,21,22)(H,23,24). The lowest BCUT2D eigenvalue weighted by atomic mass is 10.2. The summed E-state index contributed by atoms with van der Waals surface area (Å²) in [6.45, 7) is 0. The molecule has 13 heteroatoms. The normalized spacial score (nSPS) is 11.4. The lowest BCUT2D eigenvalue weighted by molar-refractivity contribution is -0.384. The molecule has 4 rings (SSSR count). The fourth-order valence-electron chi connectivity index (χ4n) is 2.75. The van der Waals surface area contributed by atoms with Crippen molar-refractivity contribution in [3.05, 3.63) is 70.0 Å². The van der Waals surface area contributed by atoms with Gasteiger partial charge in [0.05, 0.1) is 22.2 Å². The van der Waals surface area contributed by atoms with E-state index in [2.05, 4.69) is 25.1 Å². The first-order chi connectivity index (χ1) is 14.7. The van der Waals surface area contributed by atoms with Crippen molar-refractivity contribution in [2.45, 2.75) is 4.90 Å². The number of nitrogens with zero attached hydrogens (tertiary/aromatic N) is 5. The number of benzene rings is 2. The third kappa shape index (κ3) is 4.25. The first kappa shape index (κ1) is 20.5. The average molecular weight is 460 g/mol. The number of nitro benzene ring substituents is 1. The van der Waals surface area contributed by atoms with Gasteiger partial charge < -0.3 is 5.32 Å². The highest BCUT2D eigenvalue weighted by atomic mass is 35.5. The van der Waals surface area contributed by atoms with Crippen molar-refractivity contribution < 1.29 is 13.3 Å². The Hall–Kier alpha value is -3.77. The van der Waals surface area contributed by atoms with Gasteiger partial charge in [0.2, 0.25) is 0 Å². The van der Waals surface area contributed by atoms with Crippen LogP contribution in [-0.2, 0) is 17.1 Å². The van der Waals surface area contributed by atoms with Gasteiger partial charge >= 0.3 is 0 Å². The lowest BCUT2D eigenvalue weighted by Crippen LogP contribution is -2.15. The predicted octanol–water partition coefficient (Wildman–Crippen LogP) is 3.47. The van der Waals surface area contributed by atoms with Gasteiger partial charge in [-0.3, -0.25) is 19.5 Å². The number of halogens is 1. The van der Waals surface area contributed by atoms with Crippen molar-refractivity contribution in [1.82, 2.24) is 19.7 Å². The van der Waals surface area contributed by atoms with Crippen LogP contribution in [0.25, 0.3) is 11.0 Å². The summed E-state index contributed by atoms with van der Waals surface area (Å²) in [6.07, 6.45) is 2.54. The predicted molar refractivity (Wildman–Crippen MR) is 115 cm³/mol. The highest BCUT2D eigenvalue weighted by Gasteiger charge is 2.21. The van der Waals surface area contributed by atoms with Crippen LogP contribution in [0.4, 0.5) is 23.0 Å². The summed E-state index contributed by atoms with van der Waals surface area (Å²) in [5.41, 5.74) is 0.928. The van der Waals surface area contributed by atoms with Crippen molar-refractivity contribution in [2.75, 3.05) is 10.0 Å². The molecule has 0 aliphatic heterocycles. The third-order valence-electron chi connectivity index (χ3n) is 4.20. The van der Waals surface area contributed by atoms with Gasteiger partial charge in [0.15, 0.2) is 11.6 Å². The number of sulfonamides is 1. The first-order valence-electron chi connectivity index (χ1n) is 8.72. The molecule has 0 fully saturated rings. The van der Waals surface area contributed by atoms with Gasteiger partial charge in [-0.05, 0) is 24.3 Å². The molecule has 2 aromatic carbocycles. The minimum atomic E-state index is -4.01. The molecule has 0 atom stereocenters. The van der Waals surface area contributed by atoms with Gasteiger partial charge in [0.25, 0.3) is 15.7 Å². The van der Waals surface area contributed by atoms with E-state index in [-0.39, 0.29) is 32.9 Å². The molecular formula is C18H14ClN7O4S. The number of nitrogens with one attached hydrogen (secondary N) is 2. The van der Waals surface area contributed by atoms with Gasteiger partial charge in [-0.2, -0.15) is 5.10 Å². The molecule has 0 aliphatic rings. The molecule has 0 unspecified atom stereocenters. The summed E-state index contributed by atoms with van der Waals surface area (Å²) in [4.78, 5) is 19.3. The maximum atomic E-state index is 12.8. The van der Waals surface area contributed by atoms with E-state index in [1.54, 1.807) is 31.3 Å². The molecule has 2 N–H and O–H groups in total. The fraction of sp³-hybridized carbons (Fsp3) is 0.0556. The Morgan fingerprint density at radius 2 is 1.77 bits per heavy atom. The maximum Gasteiger partial charge on any atom is 0.289 e. The van der Waals surface area contributed by atoms with Crippen LogP contribution in [0.2, 0.25) is 5.02 Å². The first-order valence-corrected chi connectivity index (χ1v) is 10.6. The summed E-state index contributed by atoms with van der Waals surface area (Å²) < 4.78 is 29.3. The van der Waals surface area contributed by atoms with Gasteiger partial charge in [0, 0.05) is 25.0 Å². The number of nitro groups is 1. The minimum Gasteiger partial charge on any atom is -0.337 e. The second kappa shape index (κ2) is 7.81. The number of hydrogen-bond acceptors (Lipinski definition) is 8. The molecule has 2 aromatic heterocycles. The van der Waals surface area contributed by atoms with Gasteiger partial charge in [0.1, 0.15) is 9.92 Å². The third-order valence-corrected chi connectivity index (χ3v) is 5.81. The summed E-state index contributed by atoms with van der Waals surface area (Å²) >= 11 is 5.86. The van der Waals surface area contributed by atoms with E-state index in [0.29, 0.717) is 11.0 Å². The lowest BCUT2D eigenvalue weighted by Gasteiger charge is -2.13. The molecule has 158 valence electrons. The molecule has 0 amide bonds. The zero-order valence-electron chi connectivity index (χ0n) is 15.9. The van der Waals surface area contributed by atoms with Gasteiger partial charge in [-0.1, -0.05) is 23.7 Å². The Morgan fingerprint density at radius 1 is 1.10 bits per heavy atom. The SMILES string of the molecule is Cn1cc(S(=O)(=O)Nc2nc3ccccc3nc2Nc2ccc(Cl)c([N+](=O)[O-])c2)cn1. The summed E-state index contributed by atoms with van der Waals surface area (Å²) in [6, 6.07) is 11.0. The van der Waals surface area contributed by atoms with Crippen molar-refractivity contribution >= 4 is 55.7 Å². The molecular weight excluding hydrogens is 446 g/mol. The number of hydrogen-bond donors (Lipinski definition) is 2. The van der Waals surface area contributed by atoms with Crippen LogP contribution >= 0.6 is 11.6 Å². The van der Waals surface area contributed by atoms with Gasteiger partial charge in [-0.25, -0.2) is 18.4 Å². The Labute approximate surface area is 180 Å². The second-order valence-electron chi connectivity index (χ2n) is 6.41. The van der Waals surface area contributed by atoms with Crippen molar-refractivity contribution in [2.24, 2.45) is 7.05 Å². The maximum absolute atomic E-state index is 12.8. The highest BCUT2D eigenvalue weighted by molar-refractivity contribution is 7.92. The van der Waals surface area contributed by atoms with E-state index in [0.717, 1.165) is 0 Å². The summed E-state index contributed by atoms with van der Waals surface area (Å²) in [7, 11) is -2.42. The molecule has 2 heterocycles. The number of aryl methyl sites for hydroxylation is 1. The second-order valence-corrected chi connectivity index (χ2v) is 8.50. The highest BCUT2D eigenvalue weighted by Crippen LogP contribution is 2.31. The number of anilines is 3. The Kier molecular flexibility index (Phi) is 5.17. The smallest absolute Gasteiger partial charge is 0.289 e. The largest absolute Gasteiger partial charge is 0.337 e. The molecule has 4 aromatic rings. The topological polar surface area (TPSA) is 145 Å². The van der Waals surface area contributed by atoms with Crippen LogP contribution in [0.15, 0.2) is 59.8 Å². The zero-order chi connectivity index (χ0) is 22.2. The van der Waals surface area contributed by atoms with Crippen LogP contribution in [0.1, 0.15) is 0 Å². The molecule has 31 heavy (non-hydrogen) atoms. The van der Waals surface area contributed by atoms with Crippen molar-refractivity contribution in [3.8, 4) is 0 Å². The van der Waals surface area contributed by atoms with E-state index >= 15 is 0 Å². The number of aromatic nitrogens is 4. The molecule has 0 saturated heterocycles. The van der Waals surface area contributed by atoms with Crippen LogP contribution in [0.3, 0.4) is 0 Å². The molecule has 0 bridgehead atoms. The number of para-hydroxylation sites is 2. The van der Waals surface area contributed by atoms with Gasteiger partial charge in [-0.15, -0.1) is 0 Å². The van der Waals surface area contributed by atoms with E-state index in [4.69, 9.17) is 11.6 Å². The monoisotopic (exact) mass is 459 g/mol. The zero-order valence-corrected chi connectivity index (χ0v) is 17.4. The summed E-state index contributed by atoms with van der Waals surface area (Å²) in [5, 5.41) is 17.9.